The van der Waals surface area contributed by atoms with Crippen molar-refractivity contribution in [3.63, 3.8) is 0 Å². The summed E-state index contributed by atoms with van der Waals surface area (Å²) < 4.78 is 28.2. The van der Waals surface area contributed by atoms with Crippen molar-refractivity contribution in [2.45, 2.75) is 12.2 Å². The Bertz CT molecular complexity index is 1470. The highest BCUT2D eigenvalue weighted by Gasteiger charge is 2.35. The molecule has 1 aromatic heterocycles. The van der Waals surface area contributed by atoms with Crippen LogP contribution in [0.5, 0.6) is 34.5 Å². The monoisotopic (exact) mass is 478 g/mol. The molecule has 5 rings (SSSR count). The number of benzene rings is 3. The third-order valence-electron chi connectivity index (χ3n) is 5.92. The molecule has 9 heteroatoms. The zero-order chi connectivity index (χ0) is 24.7. The summed E-state index contributed by atoms with van der Waals surface area (Å²) in [5, 5.41) is 30.3. The molecule has 0 saturated carbocycles. The van der Waals surface area contributed by atoms with E-state index in [1.54, 1.807) is 36.4 Å². The van der Waals surface area contributed by atoms with Crippen LogP contribution in [0, 0.1) is 0 Å². The van der Waals surface area contributed by atoms with E-state index in [9.17, 15) is 20.1 Å². The van der Waals surface area contributed by atoms with Gasteiger partial charge in [0.15, 0.2) is 46.5 Å². The minimum atomic E-state index is -0.814. The van der Waals surface area contributed by atoms with Crippen molar-refractivity contribution in [2.24, 2.45) is 0 Å². The fourth-order valence-corrected chi connectivity index (χ4v) is 4.13. The number of methoxy groups -OCH3 is 2. The molecule has 35 heavy (non-hydrogen) atoms. The molecule has 3 N–H and O–H groups in total. The summed E-state index contributed by atoms with van der Waals surface area (Å²) >= 11 is 0. The molecule has 3 aromatic carbocycles. The highest BCUT2D eigenvalue weighted by atomic mass is 16.6. The number of hydrogen-bond acceptors (Lipinski definition) is 9. The SMILES string of the molecule is COc1ccc(-c2coc3c4c(ccc3c2=O)OC(c2ccc(O)c(OC)c2)C(CO)O4)cc1O. The van der Waals surface area contributed by atoms with Crippen LogP contribution in [0.15, 0.2) is 64.0 Å². The minimum Gasteiger partial charge on any atom is -0.504 e. The average molecular weight is 478 g/mol. The number of hydrogen-bond donors (Lipinski definition) is 3. The van der Waals surface area contributed by atoms with E-state index >= 15 is 0 Å². The summed E-state index contributed by atoms with van der Waals surface area (Å²) in [4.78, 5) is 13.3. The number of aliphatic hydroxyl groups excluding tert-OH is 1. The molecule has 0 spiro atoms. The lowest BCUT2D eigenvalue weighted by molar-refractivity contribution is -0.0118. The van der Waals surface area contributed by atoms with Crippen molar-refractivity contribution in [3.05, 3.63) is 70.6 Å². The predicted molar refractivity (Wildman–Crippen MR) is 126 cm³/mol. The molecule has 0 radical (unpaired) electrons. The number of aromatic hydroxyl groups is 2. The van der Waals surface area contributed by atoms with E-state index in [2.05, 4.69) is 0 Å². The van der Waals surface area contributed by atoms with Crippen LogP contribution in [-0.2, 0) is 0 Å². The van der Waals surface area contributed by atoms with Crippen molar-refractivity contribution in [1.29, 1.82) is 0 Å². The molecular formula is C26H22O9. The predicted octanol–water partition coefficient (Wildman–Crippen LogP) is 3.76. The second kappa shape index (κ2) is 8.77. The molecule has 1 aliphatic heterocycles. The maximum Gasteiger partial charge on any atom is 0.205 e. The zero-order valence-corrected chi connectivity index (χ0v) is 18.8. The van der Waals surface area contributed by atoms with Crippen LogP contribution in [-0.4, -0.2) is 42.3 Å². The fraction of sp³-hybridized carbons (Fsp3) is 0.192. The highest BCUT2D eigenvalue weighted by Crippen LogP contribution is 2.45. The van der Waals surface area contributed by atoms with Crippen LogP contribution < -0.4 is 24.4 Å². The molecule has 1 aliphatic rings. The Hall–Kier alpha value is -4.37. The van der Waals surface area contributed by atoms with Gasteiger partial charge in [-0.2, -0.15) is 0 Å². The van der Waals surface area contributed by atoms with Crippen LogP contribution >= 0.6 is 0 Å². The standard InChI is InChI=1S/C26H22O9/c1-31-19-7-4-13(9-18(19)29)16-12-33-25-15(23(16)30)5-8-20-26(25)35-22(11-27)24(34-20)14-3-6-17(28)21(10-14)32-2/h3-10,12,22,24,27-29H,11H2,1-2H3. The van der Waals surface area contributed by atoms with Gasteiger partial charge in [-0.05, 0) is 42.0 Å². The van der Waals surface area contributed by atoms with Gasteiger partial charge in [0, 0.05) is 5.56 Å². The molecule has 4 aromatic rings. The highest BCUT2D eigenvalue weighted by molar-refractivity contribution is 5.88. The van der Waals surface area contributed by atoms with Crippen molar-refractivity contribution >= 4 is 11.0 Å². The van der Waals surface area contributed by atoms with Gasteiger partial charge in [0.05, 0.1) is 31.8 Å². The number of phenolic OH excluding ortho intramolecular Hbond substituents is 2. The van der Waals surface area contributed by atoms with Gasteiger partial charge in [-0.15, -0.1) is 0 Å². The van der Waals surface area contributed by atoms with Crippen molar-refractivity contribution in [2.75, 3.05) is 20.8 Å². The third kappa shape index (κ3) is 3.75. The van der Waals surface area contributed by atoms with E-state index in [0.29, 0.717) is 16.9 Å². The van der Waals surface area contributed by atoms with Gasteiger partial charge in [0.25, 0.3) is 0 Å². The Kier molecular flexibility index (Phi) is 5.62. The van der Waals surface area contributed by atoms with E-state index in [1.165, 1.54) is 32.6 Å². The number of rotatable bonds is 5. The van der Waals surface area contributed by atoms with Gasteiger partial charge >= 0.3 is 0 Å². The maximum absolute atomic E-state index is 13.3. The van der Waals surface area contributed by atoms with Crippen molar-refractivity contribution in [1.82, 2.24) is 0 Å². The summed E-state index contributed by atoms with van der Waals surface area (Å²) in [5.41, 5.74) is 1.19. The third-order valence-corrected chi connectivity index (χ3v) is 5.92. The van der Waals surface area contributed by atoms with Crippen LogP contribution in [0.1, 0.15) is 11.7 Å². The van der Waals surface area contributed by atoms with Crippen molar-refractivity contribution in [3.8, 4) is 45.6 Å². The van der Waals surface area contributed by atoms with E-state index in [-0.39, 0.29) is 57.3 Å². The summed E-state index contributed by atoms with van der Waals surface area (Å²) in [5.74, 6) is 0.948. The molecule has 0 saturated heterocycles. The quantitative estimate of drug-likeness (QED) is 0.393. The molecule has 180 valence electrons. The first-order valence-corrected chi connectivity index (χ1v) is 10.7. The van der Waals surface area contributed by atoms with Gasteiger partial charge in [-0.3, -0.25) is 4.79 Å². The second-order valence-electron chi connectivity index (χ2n) is 7.94. The first kappa shape index (κ1) is 22.4. The molecule has 2 atom stereocenters. The van der Waals surface area contributed by atoms with Crippen molar-refractivity contribution < 1.29 is 38.7 Å². The van der Waals surface area contributed by atoms with Crippen LogP contribution in [0.25, 0.3) is 22.1 Å². The van der Waals surface area contributed by atoms with E-state index < -0.39 is 12.2 Å². The molecule has 2 heterocycles. The minimum absolute atomic E-state index is 0.0253. The normalized spacial score (nSPS) is 16.8. The van der Waals surface area contributed by atoms with Crippen LogP contribution in [0.3, 0.4) is 0 Å². The summed E-state index contributed by atoms with van der Waals surface area (Å²) in [6.07, 6.45) is -0.223. The van der Waals surface area contributed by atoms with E-state index in [1.807, 2.05) is 0 Å². The van der Waals surface area contributed by atoms with Gasteiger partial charge in [-0.1, -0.05) is 12.1 Å². The Morgan fingerprint density at radius 2 is 1.71 bits per heavy atom. The van der Waals surface area contributed by atoms with E-state index in [4.69, 9.17) is 23.4 Å². The number of aliphatic hydroxyl groups is 1. The number of fused-ring (bicyclic) bond motifs is 3. The smallest absolute Gasteiger partial charge is 0.205 e. The Balaban J connectivity index is 1.57. The molecule has 0 amide bonds. The number of phenols is 2. The Morgan fingerprint density at radius 3 is 2.43 bits per heavy atom. The Morgan fingerprint density at radius 1 is 0.914 bits per heavy atom. The summed E-state index contributed by atoms with van der Waals surface area (Å²) in [7, 11) is 2.87. The van der Waals surface area contributed by atoms with Gasteiger partial charge in [0.2, 0.25) is 11.2 Å². The number of ether oxygens (including phenoxy) is 4. The Labute approximate surface area is 199 Å². The van der Waals surface area contributed by atoms with Crippen LogP contribution in [0.4, 0.5) is 0 Å². The molecule has 2 unspecified atom stereocenters. The lowest BCUT2D eigenvalue weighted by Gasteiger charge is -2.33. The average Bonchev–Trinajstić information content (AvgIpc) is 2.88. The topological polar surface area (TPSA) is 128 Å². The largest absolute Gasteiger partial charge is 0.504 e. The molecule has 0 fully saturated rings. The summed E-state index contributed by atoms with van der Waals surface area (Å²) in [6, 6.07) is 12.5. The molecule has 0 bridgehead atoms. The first-order chi connectivity index (χ1) is 16.9. The molecule has 9 nitrogen and oxygen atoms in total. The van der Waals surface area contributed by atoms with Gasteiger partial charge in [0.1, 0.15) is 6.26 Å². The maximum atomic E-state index is 13.3. The fourth-order valence-electron chi connectivity index (χ4n) is 4.13. The van der Waals surface area contributed by atoms with Gasteiger partial charge in [-0.25, -0.2) is 0 Å². The molecular weight excluding hydrogens is 456 g/mol. The molecule has 0 aliphatic carbocycles. The lowest BCUT2D eigenvalue weighted by Crippen LogP contribution is -2.36. The zero-order valence-electron chi connectivity index (χ0n) is 18.8. The summed E-state index contributed by atoms with van der Waals surface area (Å²) in [6.45, 7) is -0.378. The second-order valence-corrected chi connectivity index (χ2v) is 7.94. The first-order valence-electron chi connectivity index (χ1n) is 10.7. The van der Waals surface area contributed by atoms with Gasteiger partial charge < -0.3 is 38.7 Å². The lowest BCUT2D eigenvalue weighted by atomic mass is 10.0. The van der Waals surface area contributed by atoms with Crippen LogP contribution in [0.2, 0.25) is 0 Å². The van der Waals surface area contributed by atoms with E-state index in [0.717, 1.165) is 0 Å².